The molecule has 10 atom stereocenters. The van der Waals surface area contributed by atoms with Crippen LogP contribution in [0.3, 0.4) is 0 Å². The van der Waals surface area contributed by atoms with Crippen molar-refractivity contribution in [1.29, 1.82) is 0 Å². The molecule has 0 radical (unpaired) electrons. The highest BCUT2D eigenvalue weighted by Crippen LogP contribution is 2.28. The molecule has 0 spiro atoms. The van der Waals surface area contributed by atoms with Crippen LogP contribution in [0.4, 0.5) is 0 Å². The van der Waals surface area contributed by atoms with Crippen LogP contribution < -0.4 is 0 Å². The molecule has 0 aromatic carbocycles. The number of hydrogen-bond donors (Lipinski definition) is 8. The Morgan fingerprint density at radius 1 is 0.815 bits per heavy atom. The highest BCUT2D eigenvalue weighted by molar-refractivity contribution is 7.80. The van der Waals surface area contributed by atoms with E-state index in [-0.39, 0.29) is 0 Å². The molecule has 27 heavy (non-hydrogen) atoms. The summed E-state index contributed by atoms with van der Waals surface area (Å²) in [6.07, 6.45) is -17.4. The maximum atomic E-state index is 10.7. The van der Waals surface area contributed by atoms with E-state index in [4.69, 9.17) is 23.9 Å². The van der Waals surface area contributed by atoms with Crippen molar-refractivity contribution in [2.45, 2.75) is 61.4 Å². The monoisotopic (exact) mass is 422 g/mol. The maximum Gasteiger partial charge on any atom is 0.397 e. The molecule has 160 valence electrons. The van der Waals surface area contributed by atoms with Crippen LogP contribution in [0.5, 0.6) is 0 Å². The molecule has 2 fully saturated rings. The van der Waals surface area contributed by atoms with Gasteiger partial charge in [0.05, 0.1) is 13.2 Å². The number of rotatable bonds is 6. The lowest BCUT2D eigenvalue weighted by Crippen LogP contribution is -2.64. The molecule has 2 aliphatic rings. The molecule has 0 bridgehead atoms. The summed E-state index contributed by atoms with van der Waals surface area (Å²) in [5.74, 6) is 0. The van der Waals surface area contributed by atoms with Gasteiger partial charge in [-0.2, -0.15) is 8.42 Å². The van der Waals surface area contributed by atoms with Gasteiger partial charge in [-0.15, -0.1) is 0 Å². The lowest BCUT2D eigenvalue weighted by atomic mass is 9.97. The van der Waals surface area contributed by atoms with E-state index in [0.717, 1.165) is 0 Å². The minimum absolute atomic E-state index is 0.759. The summed E-state index contributed by atoms with van der Waals surface area (Å²) >= 11 is 0. The van der Waals surface area contributed by atoms with E-state index in [1.807, 2.05) is 0 Å². The Morgan fingerprint density at radius 3 is 2.00 bits per heavy atom. The Balaban J connectivity index is 2.17. The van der Waals surface area contributed by atoms with Gasteiger partial charge in [-0.3, -0.25) is 4.55 Å². The third-order valence-corrected chi connectivity index (χ3v) is 4.61. The molecule has 2 rings (SSSR count). The first kappa shape index (κ1) is 22.8. The van der Waals surface area contributed by atoms with Gasteiger partial charge in [-0.1, -0.05) is 0 Å². The van der Waals surface area contributed by atoms with Crippen LogP contribution in [-0.4, -0.2) is 123 Å². The molecular formula is C12H22O14S. The Hall–Kier alpha value is -0.530. The highest BCUT2D eigenvalue weighted by Gasteiger charge is 2.50. The Morgan fingerprint density at radius 2 is 1.44 bits per heavy atom. The van der Waals surface area contributed by atoms with Crippen LogP contribution in [0.25, 0.3) is 0 Å². The zero-order valence-corrected chi connectivity index (χ0v) is 14.4. The molecule has 15 heteroatoms. The van der Waals surface area contributed by atoms with Crippen LogP contribution in [0, 0.1) is 0 Å². The average molecular weight is 422 g/mol. The van der Waals surface area contributed by atoms with Crippen molar-refractivity contribution in [3.63, 3.8) is 0 Å². The SMILES string of the molecule is O=S(=O)(O)OC[C@H]1O[C@@H](O)[C@H](O)[C@@H](O)[C@@H]1O[C@@H]1O[C@H](CO)[C@H](O)[C@H](O)[C@H]1O. The van der Waals surface area contributed by atoms with E-state index in [9.17, 15) is 39.1 Å². The van der Waals surface area contributed by atoms with Gasteiger partial charge in [-0.05, 0) is 0 Å². The third kappa shape index (κ3) is 5.30. The van der Waals surface area contributed by atoms with Gasteiger partial charge in [0.25, 0.3) is 0 Å². The molecule has 0 unspecified atom stereocenters. The van der Waals surface area contributed by atoms with E-state index in [0.29, 0.717) is 0 Å². The van der Waals surface area contributed by atoms with E-state index >= 15 is 0 Å². The number of ether oxygens (including phenoxy) is 3. The summed E-state index contributed by atoms with van der Waals surface area (Å²) in [6, 6.07) is 0. The Labute approximate surface area is 153 Å². The minimum Gasteiger partial charge on any atom is -0.394 e. The predicted molar refractivity (Wildman–Crippen MR) is 79.0 cm³/mol. The molecule has 2 heterocycles. The topological polar surface area (TPSA) is 233 Å². The fourth-order valence-electron chi connectivity index (χ4n) is 2.71. The van der Waals surface area contributed by atoms with Crippen LogP contribution in [0.1, 0.15) is 0 Å². The van der Waals surface area contributed by atoms with Gasteiger partial charge < -0.3 is 50.0 Å². The predicted octanol–water partition coefficient (Wildman–Crippen LogP) is -5.57. The van der Waals surface area contributed by atoms with Crippen molar-refractivity contribution in [3.05, 3.63) is 0 Å². The van der Waals surface area contributed by atoms with Crippen molar-refractivity contribution in [1.82, 2.24) is 0 Å². The van der Waals surface area contributed by atoms with Crippen molar-refractivity contribution in [3.8, 4) is 0 Å². The summed E-state index contributed by atoms with van der Waals surface area (Å²) in [7, 11) is -4.92. The normalized spacial score (nSPS) is 46.4. The van der Waals surface area contributed by atoms with Gasteiger partial charge in [0, 0.05) is 0 Å². The molecule has 0 amide bonds. The summed E-state index contributed by atoms with van der Waals surface area (Å²) in [6.45, 7) is -1.72. The van der Waals surface area contributed by atoms with Crippen LogP contribution >= 0.6 is 0 Å². The van der Waals surface area contributed by atoms with Crippen LogP contribution in [0.2, 0.25) is 0 Å². The second-order valence-corrected chi connectivity index (χ2v) is 7.15. The minimum atomic E-state index is -4.92. The quantitative estimate of drug-likeness (QED) is 0.186. The molecule has 2 saturated heterocycles. The van der Waals surface area contributed by atoms with E-state index < -0.39 is 85.0 Å². The zero-order valence-electron chi connectivity index (χ0n) is 13.6. The molecule has 8 N–H and O–H groups in total. The average Bonchev–Trinajstić information content (AvgIpc) is 2.60. The first-order chi connectivity index (χ1) is 12.5. The Kier molecular flexibility index (Phi) is 7.47. The molecule has 0 aromatic heterocycles. The van der Waals surface area contributed by atoms with Crippen molar-refractivity contribution >= 4 is 10.4 Å². The summed E-state index contributed by atoms with van der Waals surface area (Å²) in [4.78, 5) is 0. The molecule has 14 nitrogen and oxygen atoms in total. The van der Waals surface area contributed by atoms with Gasteiger partial charge in [-0.25, -0.2) is 4.18 Å². The van der Waals surface area contributed by atoms with Gasteiger partial charge in [0.2, 0.25) is 0 Å². The van der Waals surface area contributed by atoms with E-state index in [2.05, 4.69) is 4.18 Å². The van der Waals surface area contributed by atoms with Crippen LogP contribution in [0.15, 0.2) is 0 Å². The fraction of sp³-hybridized carbons (Fsp3) is 1.00. The fourth-order valence-corrected chi connectivity index (χ4v) is 3.02. The van der Waals surface area contributed by atoms with Crippen molar-refractivity contribution in [2.75, 3.05) is 13.2 Å². The Bertz CT molecular complexity index is 583. The third-order valence-electron chi connectivity index (χ3n) is 4.18. The molecule has 0 aromatic rings. The van der Waals surface area contributed by atoms with Gasteiger partial charge in [0.1, 0.15) is 48.8 Å². The standard InChI is InChI=1S/C12H22O14S/c13-1-3-5(14)6(15)9(18)12(25-3)26-10-4(2-23-27(20,21)22)24-11(19)8(17)7(10)16/h3-19H,1-2H2,(H,20,21,22)/t3-,4-,5+,6+,7-,8-,9-,10-,11-,12+/m1/s1. The lowest BCUT2D eigenvalue weighted by molar-refractivity contribution is -0.354. The van der Waals surface area contributed by atoms with Crippen molar-refractivity contribution < 1.29 is 67.1 Å². The zero-order chi connectivity index (χ0) is 20.5. The van der Waals surface area contributed by atoms with E-state index in [1.54, 1.807) is 0 Å². The smallest absolute Gasteiger partial charge is 0.394 e. The van der Waals surface area contributed by atoms with Crippen molar-refractivity contribution in [2.24, 2.45) is 0 Å². The summed E-state index contributed by atoms with van der Waals surface area (Å²) in [5, 5.41) is 67.9. The lowest BCUT2D eigenvalue weighted by Gasteiger charge is -2.45. The molecular weight excluding hydrogens is 400 g/mol. The molecule has 2 aliphatic heterocycles. The number of aliphatic hydroxyl groups is 7. The van der Waals surface area contributed by atoms with Crippen LogP contribution in [-0.2, 0) is 28.8 Å². The highest BCUT2D eigenvalue weighted by atomic mass is 32.3. The molecule has 0 saturated carbocycles. The molecule has 0 aliphatic carbocycles. The van der Waals surface area contributed by atoms with Gasteiger partial charge >= 0.3 is 10.4 Å². The first-order valence-corrected chi connectivity index (χ1v) is 9.10. The summed E-state index contributed by atoms with van der Waals surface area (Å²) < 4.78 is 49.4. The summed E-state index contributed by atoms with van der Waals surface area (Å²) in [5.41, 5.74) is 0. The second-order valence-electron chi connectivity index (χ2n) is 6.06. The second kappa shape index (κ2) is 8.87. The van der Waals surface area contributed by atoms with E-state index in [1.165, 1.54) is 0 Å². The number of hydrogen-bond acceptors (Lipinski definition) is 13. The number of aliphatic hydroxyl groups excluding tert-OH is 7. The maximum absolute atomic E-state index is 10.7. The van der Waals surface area contributed by atoms with Gasteiger partial charge in [0.15, 0.2) is 12.6 Å². The first-order valence-electron chi connectivity index (χ1n) is 7.73. The largest absolute Gasteiger partial charge is 0.397 e.